The Morgan fingerprint density at radius 1 is 0.923 bits per heavy atom. The summed E-state index contributed by atoms with van der Waals surface area (Å²) in [7, 11) is 2.01. The maximum Gasteiger partial charge on any atom is 0.335 e. The first-order chi connectivity index (χ1) is 18.3. The van der Waals surface area contributed by atoms with Gasteiger partial charge in [-0.1, -0.05) is 45.9 Å². The highest BCUT2D eigenvalue weighted by Crippen LogP contribution is 2.54. The standard InChI is InChI=1S/C32H34BrNO5/c1-31(2)13-22-28(24(35)15-31)27(29-23(34(22)5)14-32(3,4)16-25(29)36)20-10-11-26(21(33)12-20)39-17-18-6-8-19(9-7-18)30(37)38/h6-12,27H,13-17H2,1-5H3,(H,37,38). The summed E-state index contributed by atoms with van der Waals surface area (Å²) >= 11 is 3.66. The number of Topliss-reactive ketones (excluding diaryl/α,β-unsaturated/α-hetero) is 2. The number of carbonyl (C=O) groups excluding carboxylic acids is 2. The fraction of sp³-hybridized carbons (Fsp3) is 0.406. The first-order valence-corrected chi connectivity index (χ1v) is 14.1. The Morgan fingerprint density at radius 3 is 1.95 bits per heavy atom. The number of allylic oxidation sites excluding steroid dienone is 4. The molecule has 0 saturated heterocycles. The molecular formula is C32H34BrNO5. The highest BCUT2D eigenvalue weighted by Gasteiger charge is 2.48. The molecule has 3 aliphatic rings. The van der Waals surface area contributed by atoms with E-state index in [9.17, 15) is 14.4 Å². The summed E-state index contributed by atoms with van der Waals surface area (Å²) in [5.74, 6) is -0.504. The van der Waals surface area contributed by atoms with E-state index in [4.69, 9.17) is 9.84 Å². The van der Waals surface area contributed by atoms with E-state index in [-0.39, 0.29) is 34.6 Å². The van der Waals surface area contributed by atoms with Crippen molar-refractivity contribution < 1.29 is 24.2 Å². The third-order valence-electron chi connectivity index (χ3n) is 8.06. The van der Waals surface area contributed by atoms with Crippen molar-refractivity contribution in [1.82, 2.24) is 4.90 Å². The Kier molecular flexibility index (Phi) is 6.86. The summed E-state index contributed by atoms with van der Waals surface area (Å²) < 4.78 is 6.77. The van der Waals surface area contributed by atoms with Crippen LogP contribution in [0.15, 0.2) is 69.5 Å². The molecule has 1 heterocycles. The van der Waals surface area contributed by atoms with Crippen LogP contribution in [0.1, 0.15) is 80.8 Å². The SMILES string of the molecule is CN1C2=C(C(=O)CC(C)(C)C2)C(c2ccc(OCc3ccc(C(=O)O)cc3)c(Br)c2)C2=C1CC(C)(C)CC2=O. The lowest BCUT2D eigenvalue weighted by atomic mass is 9.64. The normalized spacial score (nSPS) is 20.6. The third-order valence-corrected chi connectivity index (χ3v) is 8.68. The number of nitrogens with zero attached hydrogens (tertiary/aromatic N) is 1. The maximum atomic E-state index is 13.7. The van der Waals surface area contributed by atoms with Crippen molar-refractivity contribution in [3.63, 3.8) is 0 Å². The zero-order valence-electron chi connectivity index (χ0n) is 23.1. The second-order valence-electron chi connectivity index (χ2n) is 12.6. The first kappa shape index (κ1) is 27.4. The number of carboxylic acids is 1. The molecule has 0 bridgehead atoms. The number of aromatic carboxylic acids is 1. The summed E-state index contributed by atoms with van der Waals surface area (Å²) in [6, 6.07) is 12.4. The number of ether oxygens (including phenoxy) is 1. The van der Waals surface area contributed by atoms with Crippen molar-refractivity contribution in [2.24, 2.45) is 10.8 Å². The van der Waals surface area contributed by atoms with Gasteiger partial charge in [0.05, 0.1) is 10.0 Å². The van der Waals surface area contributed by atoms with E-state index < -0.39 is 11.9 Å². The lowest BCUT2D eigenvalue weighted by Gasteiger charge is -2.47. The van der Waals surface area contributed by atoms with E-state index in [1.807, 2.05) is 25.2 Å². The summed E-state index contributed by atoms with van der Waals surface area (Å²) in [6.45, 7) is 8.81. The molecule has 0 fully saturated rings. The molecule has 2 aromatic rings. The monoisotopic (exact) mass is 591 g/mol. The molecule has 0 amide bonds. The van der Waals surface area contributed by atoms with Crippen LogP contribution >= 0.6 is 15.9 Å². The Labute approximate surface area is 237 Å². The first-order valence-electron chi connectivity index (χ1n) is 13.3. The summed E-state index contributed by atoms with van der Waals surface area (Å²) in [6.07, 6.45) is 2.49. The van der Waals surface area contributed by atoms with Crippen molar-refractivity contribution in [3.8, 4) is 5.75 Å². The zero-order valence-corrected chi connectivity index (χ0v) is 24.6. The van der Waals surface area contributed by atoms with Gasteiger partial charge >= 0.3 is 5.97 Å². The van der Waals surface area contributed by atoms with E-state index in [1.54, 1.807) is 24.3 Å². The molecule has 0 spiro atoms. The molecule has 6 nitrogen and oxygen atoms in total. The second kappa shape index (κ2) is 9.77. The summed E-state index contributed by atoms with van der Waals surface area (Å²) in [5.41, 5.74) is 5.27. The lowest BCUT2D eigenvalue weighted by Crippen LogP contribution is -2.43. The van der Waals surface area contributed by atoms with Gasteiger partial charge in [-0.25, -0.2) is 4.79 Å². The summed E-state index contributed by atoms with van der Waals surface area (Å²) in [4.78, 5) is 40.6. The molecule has 1 N–H and O–H groups in total. The molecule has 5 rings (SSSR count). The molecule has 1 aliphatic heterocycles. The van der Waals surface area contributed by atoms with Gasteiger partial charge in [-0.05, 0) is 75.0 Å². The van der Waals surface area contributed by atoms with Crippen LogP contribution in [0.4, 0.5) is 0 Å². The number of carbonyl (C=O) groups is 3. The molecule has 0 saturated carbocycles. The van der Waals surface area contributed by atoms with Gasteiger partial charge in [0.15, 0.2) is 11.6 Å². The topological polar surface area (TPSA) is 83.9 Å². The molecular weight excluding hydrogens is 558 g/mol. The molecule has 39 heavy (non-hydrogen) atoms. The molecule has 0 unspecified atom stereocenters. The van der Waals surface area contributed by atoms with Crippen LogP contribution in [-0.4, -0.2) is 34.6 Å². The van der Waals surface area contributed by atoms with Crippen LogP contribution in [0, 0.1) is 10.8 Å². The minimum Gasteiger partial charge on any atom is -0.488 e. The van der Waals surface area contributed by atoms with E-state index in [0.29, 0.717) is 18.6 Å². The molecule has 2 aromatic carbocycles. The Morgan fingerprint density at radius 2 is 1.46 bits per heavy atom. The molecule has 7 heteroatoms. The number of carboxylic acid groups (broad SMARTS) is 1. The maximum absolute atomic E-state index is 13.7. The number of ketones is 2. The predicted molar refractivity (Wildman–Crippen MR) is 152 cm³/mol. The average molecular weight is 593 g/mol. The van der Waals surface area contributed by atoms with E-state index in [0.717, 1.165) is 51.0 Å². The Bertz CT molecular complexity index is 1390. The molecule has 204 valence electrons. The van der Waals surface area contributed by atoms with Gasteiger partial charge in [0.1, 0.15) is 12.4 Å². The Hall–Kier alpha value is -3.19. The van der Waals surface area contributed by atoms with Crippen LogP contribution in [0.5, 0.6) is 5.75 Å². The highest BCUT2D eigenvalue weighted by molar-refractivity contribution is 9.10. The fourth-order valence-corrected chi connectivity index (χ4v) is 6.73. The van der Waals surface area contributed by atoms with Crippen LogP contribution < -0.4 is 4.74 Å². The van der Waals surface area contributed by atoms with Crippen molar-refractivity contribution in [1.29, 1.82) is 0 Å². The highest BCUT2D eigenvalue weighted by atomic mass is 79.9. The van der Waals surface area contributed by atoms with Crippen molar-refractivity contribution in [2.75, 3.05) is 7.05 Å². The number of hydrogen-bond donors (Lipinski definition) is 1. The van der Waals surface area contributed by atoms with Gasteiger partial charge < -0.3 is 14.7 Å². The number of benzene rings is 2. The lowest BCUT2D eigenvalue weighted by molar-refractivity contribution is -0.119. The van der Waals surface area contributed by atoms with Crippen LogP contribution in [0.2, 0.25) is 0 Å². The fourth-order valence-electron chi connectivity index (χ4n) is 6.22. The minimum atomic E-state index is -0.966. The Balaban J connectivity index is 1.51. The number of hydrogen-bond acceptors (Lipinski definition) is 5. The van der Waals surface area contributed by atoms with E-state index >= 15 is 0 Å². The largest absolute Gasteiger partial charge is 0.488 e. The van der Waals surface area contributed by atoms with Crippen molar-refractivity contribution in [2.45, 2.75) is 65.9 Å². The van der Waals surface area contributed by atoms with E-state index in [2.05, 4.69) is 48.5 Å². The zero-order chi connectivity index (χ0) is 28.3. The smallest absolute Gasteiger partial charge is 0.335 e. The quantitative estimate of drug-likeness (QED) is 0.401. The molecule has 0 radical (unpaired) electrons. The van der Waals surface area contributed by atoms with Gasteiger partial charge in [0.25, 0.3) is 0 Å². The molecule has 2 aliphatic carbocycles. The van der Waals surface area contributed by atoms with Crippen LogP contribution in [0.3, 0.4) is 0 Å². The van der Waals surface area contributed by atoms with Crippen molar-refractivity contribution in [3.05, 3.63) is 86.2 Å². The number of halogens is 1. The van der Waals surface area contributed by atoms with Gasteiger partial charge in [0, 0.05) is 48.3 Å². The summed E-state index contributed by atoms with van der Waals surface area (Å²) in [5, 5.41) is 9.11. The van der Waals surface area contributed by atoms with Crippen LogP contribution in [0.25, 0.3) is 0 Å². The van der Waals surface area contributed by atoms with Crippen LogP contribution in [-0.2, 0) is 16.2 Å². The van der Waals surface area contributed by atoms with Crippen molar-refractivity contribution >= 4 is 33.5 Å². The third kappa shape index (κ3) is 5.21. The van der Waals surface area contributed by atoms with Gasteiger partial charge in [-0.2, -0.15) is 0 Å². The minimum absolute atomic E-state index is 0.114. The van der Waals surface area contributed by atoms with E-state index in [1.165, 1.54) is 0 Å². The average Bonchev–Trinajstić information content (AvgIpc) is 2.83. The number of rotatable bonds is 5. The van der Waals surface area contributed by atoms with Gasteiger partial charge in [0.2, 0.25) is 0 Å². The molecule has 0 atom stereocenters. The predicted octanol–water partition coefficient (Wildman–Crippen LogP) is 7.04. The van der Waals surface area contributed by atoms with Gasteiger partial charge in [-0.15, -0.1) is 0 Å². The van der Waals surface area contributed by atoms with Gasteiger partial charge in [-0.3, -0.25) is 9.59 Å². The second-order valence-corrected chi connectivity index (χ2v) is 13.4. The molecule has 0 aromatic heterocycles.